The Hall–Kier alpha value is -3.34. The van der Waals surface area contributed by atoms with E-state index in [9.17, 15) is 15.0 Å². The van der Waals surface area contributed by atoms with Crippen LogP contribution in [0, 0.1) is 0 Å². The van der Waals surface area contributed by atoms with Gasteiger partial charge in [0.25, 0.3) is 5.91 Å². The van der Waals surface area contributed by atoms with Gasteiger partial charge in [-0.1, -0.05) is 42.5 Å². The van der Waals surface area contributed by atoms with Crippen LogP contribution in [0.25, 0.3) is 10.8 Å². The van der Waals surface area contributed by atoms with Crippen molar-refractivity contribution >= 4 is 22.4 Å². The van der Waals surface area contributed by atoms with Crippen LogP contribution in [0.15, 0.2) is 65.8 Å². The fourth-order valence-electron chi connectivity index (χ4n) is 2.56. The van der Waals surface area contributed by atoms with E-state index in [2.05, 4.69) is 10.5 Å². The summed E-state index contributed by atoms with van der Waals surface area (Å²) >= 11 is 0. The molecule has 1 amide bonds. The number of aromatic hydroxyl groups is 2. The number of rotatable bonds is 3. The zero-order valence-electron chi connectivity index (χ0n) is 13.0. The molecule has 5 heteroatoms. The molecule has 120 valence electrons. The molecule has 0 fully saturated rings. The molecule has 0 unspecified atom stereocenters. The lowest BCUT2D eigenvalue weighted by atomic mass is 10.0. The maximum atomic E-state index is 12.1. The molecule has 5 nitrogen and oxygen atoms in total. The first kappa shape index (κ1) is 15.6. The van der Waals surface area contributed by atoms with E-state index in [0.717, 1.165) is 10.8 Å². The van der Waals surface area contributed by atoms with Crippen molar-refractivity contribution in [3.8, 4) is 11.5 Å². The van der Waals surface area contributed by atoms with Gasteiger partial charge in [-0.2, -0.15) is 5.10 Å². The summed E-state index contributed by atoms with van der Waals surface area (Å²) in [6, 6.07) is 17.3. The molecule has 24 heavy (non-hydrogen) atoms. The van der Waals surface area contributed by atoms with Crippen molar-refractivity contribution < 1.29 is 15.0 Å². The number of hydrazone groups is 1. The lowest BCUT2D eigenvalue weighted by Gasteiger charge is -2.09. The lowest BCUT2D eigenvalue weighted by Crippen LogP contribution is -2.19. The molecular formula is C19H16N2O3. The normalized spacial score (nSPS) is 11.5. The van der Waals surface area contributed by atoms with Crippen LogP contribution >= 0.6 is 0 Å². The van der Waals surface area contributed by atoms with Gasteiger partial charge in [-0.15, -0.1) is 0 Å². The third-order valence-corrected chi connectivity index (χ3v) is 3.74. The van der Waals surface area contributed by atoms with Crippen LogP contribution in [0.5, 0.6) is 11.5 Å². The number of amides is 1. The van der Waals surface area contributed by atoms with E-state index in [1.807, 2.05) is 30.3 Å². The van der Waals surface area contributed by atoms with Crippen molar-refractivity contribution in [1.29, 1.82) is 0 Å². The van der Waals surface area contributed by atoms with Gasteiger partial charge in [0.1, 0.15) is 11.5 Å². The zero-order chi connectivity index (χ0) is 17.1. The van der Waals surface area contributed by atoms with Gasteiger partial charge < -0.3 is 10.2 Å². The van der Waals surface area contributed by atoms with E-state index in [1.54, 1.807) is 25.1 Å². The molecule has 0 aliphatic carbocycles. The summed E-state index contributed by atoms with van der Waals surface area (Å²) in [4.78, 5) is 12.1. The Labute approximate surface area is 138 Å². The van der Waals surface area contributed by atoms with Crippen LogP contribution in [0.3, 0.4) is 0 Å². The number of fused-ring (bicyclic) bond motifs is 1. The summed E-state index contributed by atoms with van der Waals surface area (Å²) in [6.45, 7) is 1.70. The Morgan fingerprint density at radius 1 is 0.917 bits per heavy atom. The first-order valence-electron chi connectivity index (χ1n) is 7.41. The molecule has 0 aliphatic rings. The highest BCUT2D eigenvalue weighted by Gasteiger charge is 2.12. The van der Waals surface area contributed by atoms with E-state index < -0.39 is 5.91 Å². The van der Waals surface area contributed by atoms with Crippen molar-refractivity contribution in [3.05, 3.63) is 71.8 Å². The summed E-state index contributed by atoms with van der Waals surface area (Å²) in [6.07, 6.45) is 0. The van der Waals surface area contributed by atoms with Crippen molar-refractivity contribution in [2.75, 3.05) is 0 Å². The van der Waals surface area contributed by atoms with E-state index >= 15 is 0 Å². The SMILES string of the molecule is CC(=NNC(=O)c1ccccc1O)c1c(O)ccc2ccccc12. The molecule has 0 spiro atoms. The Bertz CT molecular complexity index is 948. The fraction of sp³-hybridized carbons (Fsp3) is 0.0526. The van der Waals surface area contributed by atoms with Gasteiger partial charge in [-0.3, -0.25) is 4.79 Å². The summed E-state index contributed by atoms with van der Waals surface area (Å²) in [5.41, 5.74) is 3.57. The van der Waals surface area contributed by atoms with Gasteiger partial charge in [0.05, 0.1) is 11.3 Å². The number of hydrogen-bond donors (Lipinski definition) is 3. The third-order valence-electron chi connectivity index (χ3n) is 3.74. The Kier molecular flexibility index (Phi) is 4.16. The number of nitrogens with zero attached hydrogens (tertiary/aromatic N) is 1. The second-order valence-electron chi connectivity index (χ2n) is 5.34. The topological polar surface area (TPSA) is 81.9 Å². The number of para-hydroxylation sites is 1. The average Bonchev–Trinajstić information content (AvgIpc) is 2.59. The average molecular weight is 320 g/mol. The first-order chi connectivity index (χ1) is 11.6. The predicted octanol–water partition coefficient (Wildman–Crippen LogP) is 3.41. The molecule has 0 aromatic heterocycles. The second-order valence-corrected chi connectivity index (χ2v) is 5.34. The number of phenols is 2. The number of phenolic OH excluding ortho intramolecular Hbond substituents is 2. The minimum absolute atomic E-state index is 0.0896. The maximum absolute atomic E-state index is 12.1. The highest BCUT2D eigenvalue weighted by molar-refractivity contribution is 6.12. The molecular weight excluding hydrogens is 304 g/mol. The Balaban J connectivity index is 1.94. The van der Waals surface area contributed by atoms with E-state index in [4.69, 9.17) is 0 Å². The molecule has 0 radical (unpaired) electrons. The summed E-state index contributed by atoms with van der Waals surface area (Å²) in [7, 11) is 0. The summed E-state index contributed by atoms with van der Waals surface area (Å²) < 4.78 is 0. The van der Waals surface area contributed by atoms with Crippen molar-refractivity contribution in [2.45, 2.75) is 6.92 Å². The van der Waals surface area contributed by atoms with Crippen LogP contribution in [0.1, 0.15) is 22.8 Å². The highest BCUT2D eigenvalue weighted by atomic mass is 16.3. The van der Waals surface area contributed by atoms with E-state index in [-0.39, 0.29) is 17.1 Å². The lowest BCUT2D eigenvalue weighted by molar-refractivity contribution is 0.0952. The van der Waals surface area contributed by atoms with E-state index in [0.29, 0.717) is 11.3 Å². The molecule has 0 heterocycles. The first-order valence-corrected chi connectivity index (χ1v) is 7.41. The van der Waals surface area contributed by atoms with Crippen LogP contribution < -0.4 is 5.43 Å². The minimum atomic E-state index is -0.521. The van der Waals surface area contributed by atoms with Crippen molar-refractivity contribution in [3.63, 3.8) is 0 Å². The zero-order valence-corrected chi connectivity index (χ0v) is 13.0. The molecule has 0 saturated carbocycles. The van der Waals surface area contributed by atoms with Crippen LogP contribution in [-0.2, 0) is 0 Å². The maximum Gasteiger partial charge on any atom is 0.275 e. The molecule has 0 saturated heterocycles. The molecule has 3 aromatic carbocycles. The van der Waals surface area contributed by atoms with Crippen molar-refractivity contribution in [2.24, 2.45) is 5.10 Å². The number of hydrogen-bond acceptors (Lipinski definition) is 4. The standard InChI is InChI=1S/C19H16N2O3/c1-12(20-21-19(24)15-8-4-5-9-16(15)22)18-14-7-3-2-6-13(14)10-11-17(18)23/h2-11,22-23H,1H3,(H,21,24). The Morgan fingerprint density at radius 3 is 2.42 bits per heavy atom. The molecule has 0 aliphatic heterocycles. The third kappa shape index (κ3) is 2.92. The van der Waals surface area contributed by atoms with Crippen molar-refractivity contribution in [1.82, 2.24) is 5.43 Å². The largest absolute Gasteiger partial charge is 0.507 e. The van der Waals surface area contributed by atoms with E-state index in [1.165, 1.54) is 12.1 Å². The van der Waals surface area contributed by atoms with Gasteiger partial charge in [0.2, 0.25) is 0 Å². The molecule has 0 bridgehead atoms. The summed E-state index contributed by atoms with van der Waals surface area (Å²) in [5.74, 6) is -0.546. The van der Waals surface area contributed by atoms with Gasteiger partial charge in [-0.25, -0.2) is 5.43 Å². The minimum Gasteiger partial charge on any atom is -0.507 e. The number of carbonyl (C=O) groups is 1. The van der Waals surface area contributed by atoms with Gasteiger partial charge >= 0.3 is 0 Å². The van der Waals surface area contributed by atoms with Crippen LogP contribution in [0.4, 0.5) is 0 Å². The molecule has 0 atom stereocenters. The van der Waals surface area contributed by atoms with Gasteiger partial charge in [0.15, 0.2) is 0 Å². The number of carbonyl (C=O) groups excluding carboxylic acids is 1. The highest BCUT2D eigenvalue weighted by Crippen LogP contribution is 2.27. The smallest absolute Gasteiger partial charge is 0.275 e. The quantitative estimate of drug-likeness (QED) is 0.511. The molecule has 3 N–H and O–H groups in total. The second kappa shape index (κ2) is 6.42. The number of nitrogens with one attached hydrogen (secondary N) is 1. The fourth-order valence-corrected chi connectivity index (χ4v) is 2.56. The number of benzene rings is 3. The molecule has 3 rings (SSSR count). The molecule has 3 aromatic rings. The monoisotopic (exact) mass is 320 g/mol. The predicted molar refractivity (Wildman–Crippen MR) is 93.4 cm³/mol. The van der Waals surface area contributed by atoms with Gasteiger partial charge in [0, 0.05) is 5.56 Å². The van der Waals surface area contributed by atoms with Crippen LogP contribution in [-0.4, -0.2) is 21.8 Å². The van der Waals surface area contributed by atoms with Crippen LogP contribution in [0.2, 0.25) is 0 Å². The Morgan fingerprint density at radius 2 is 1.62 bits per heavy atom. The summed E-state index contributed by atoms with van der Waals surface area (Å²) in [5, 5.41) is 25.7. The van der Waals surface area contributed by atoms with Gasteiger partial charge in [-0.05, 0) is 35.9 Å².